The Morgan fingerprint density at radius 1 is 1.13 bits per heavy atom. The first kappa shape index (κ1) is 13.2. The molecule has 0 aliphatic rings. The number of rotatable bonds is 5. The van der Waals surface area contributed by atoms with Gasteiger partial charge in [-0.05, 0) is 19.9 Å². The highest BCUT2D eigenvalue weighted by molar-refractivity contribution is 6.31. The van der Waals surface area contributed by atoms with Gasteiger partial charge in [0.25, 0.3) is 0 Å². The Balaban J connectivity index is 3.68. The van der Waals surface area contributed by atoms with Crippen LogP contribution in [0.4, 0.5) is 0 Å². The van der Waals surface area contributed by atoms with Gasteiger partial charge in [-0.25, -0.2) is 4.79 Å². The summed E-state index contributed by atoms with van der Waals surface area (Å²) in [4.78, 5) is 31.3. The maximum absolute atomic E-state index is 10.6. The average Bonchev–Trinajstić information content (AvgIpc) is 2.10. The lowest BCUT2D eigenvalue weighted by atomic mass is 10.3. The summed E-state index contributed by atoms with van der Waals surface area (Å²) in [5, 5.41) is 13.2. The predicted octanol–water partition coefficient (Wildman–Crippen LogP) is -0.730. The molecule has 3 N–H and O–H groups in total. The van der Waals surface area contributed by atoms with Crippen molar-refractivity contribution in [3.05, 3.63) is 11.8 Å². The molecular formula is C9H14N2O4. The summed E-state index contributed by atoms with van der Waals surface area (Å²) in [5.41, 5.74) is 0.673. The molecule has 0 saturated carbocycles. The number of amides is 1. The molecule has 0 rings (SSSR count). The van der Waals surface area contributed by atoms with Gasteiger partial charge in [-0.3, -0.25) is 9.59 Å². The zero-order chi connectivity index (χ0) is 11.8. The van der Waals surface area contributed by atoms with E-state index >= 15 is 0 Å². The smallest absolute Gasteiger partial charge is 0.394 e. The molecule has 0 fully saturated rings. The molecule has 0 bridgehead atoms. The van der Waals surface area contributed by atoms with Crippen LogP contribution in [-0.2, 0) is 14.4 Å². The molecule has 0 saturated heterocycles. The van der Waals surface area contributed by atoms with Crippen molar-refractivity contribution in [3.8, 4) is 0 Å². The molecule has 0 spiro atoms. The Labute approximate surface area is 87.3 Å². The van der Waals surface area contributed by atoms with E-state index in [1.807, 2.05) is 0 Å². The third-order valence-electron chi connectivity index (χ3n) is 1.43. The summed E-state index contributed by atoms with van der Waals surface area (Å²) >= 11 is 0. The molecule has 0 aromatic heterocycles. The summed E-state index contributed by atoms with van der Waals surface area (Å²) in [6.45, 7) is 3.70. The highest BCUT2D eigenvalue weighted by atomic mass is 16.4. The van der Waals surface area contributed by atoms with Crippen molar-refractivity contribution in [2.45, 2.75) is 13.8 Å². The van der Waals surface area contributed by atoms with Crippen LogP contribution in [0.25, 0.3) is 0 Å². The molecule has 0 unspecified atom stereocenters. The van der Waals surface area contributed by atoms with Crippen molar-refractivity contribution < 1.29 is 19.5 Å². The van der Waals surface area contributed by atoms with Crippen LogP contribution in [0, 0.1) is 0 Å². The van der Waals surface area contributed by atoms with Crippen molar-refractivity contribution in [1.29, 1.82) is 0 Å². The minimum atomic E-state index is -1.51. The zero-order valence-corrected chi connectivity index (χ0v) is 8.66. The largest absolute Gasteiger partial charge is 0.474 e. The Morgan fingerprint density at radius 2 is 1.67 bits per heavy atom. The fraction of sp³-hybridized carbons (Fsp3) is 0.444. The van der Waals surface area contributed by atoms with Crippen LogP contribution in [0.2, 0.25) is 0 Å². The van der Waals surface area contributed by atoms with E-state index in [0.717, 1.165) is 0 Å². The van der Waals surface area contributed by atoms with E-state index in [4.69, 9.17) is 5.11 Å². The molecule has 84 valence electrons. The van der Waals surface area contributed by atoms with Gasteiger partial charge in [0.05, 0.1) is 0 Å². The lowest BCUT2D eigenvalue weighted by Crippen LogP contribution is -2.35. The van der Waals surface area contributed by atoms with Crippen LogP contribution in [0.3, 0.4) is 0 Å². The first-order valence-electron chi connectivity index (χ1n) is 4.37. The summed E-state index contributed by atoms with van der Waals surface area (Å²) in [7, 11) is 0. The van der Waals surface area contributed by atoms with E-state index in [0.29, 0.717) is 12.2 Å². The quantitative estimate of drug-likeness (QED) is 0.318. The first-order chi connectivity index (χ1) is 6.93. The van der Waals surface area contributed by atoms with Crippen LogP contribution >= 0.6 is 0 Å². The van der Waals surface area contributed by atoms with Crippen LogP contribution in [0.15, 0.2) is 11.8 Å². The molecule has 0 aliphatic carbocycles. The van der Waals surface area contributed by atoms with Gasteiger partial charge < -0.3 is 15.7 Å². The lowest BCUT2D eigenvalue weighted by molar-refractivity contribution is -0.150. The number of allylic oxidation sites excluding steroid dienone is 2. The van der Waals surface area contributed by atoms with Gasteiger partial charge in [0.15, 0.2) is 5.78 Å². The summed E-state index contributed by atoms with van der Waals surface area (Å²) in [5.74, 6) is -2.62. The summed E-state index contributed by atoms with van der Waals surface area (Å²) < 4.78 is 0. The number of carbonyl (C=O) groups is 3. The van der Waals surface area contributed by atoms with Gasteiger partial charge >= 0.3 is 11.9 Å². The van der Waals surface area contributed by atoms with E-state index in [9.17, 15) is 14.4 Å². The predicted molar refractivity (Wildman–Crippen MR) is 53.1 cm³/mol. The molecule has 0 radical (unpaired) electrons. The molecule has 6 heteroatoms. The standard InChI is InChI=1S/C9H14N2O4/c1-6(5-7(2)12)10-3-4-11-8(13)9(14)15/h5,10H,3-4H2,1-2H3,(H,11,13)(H,14,15)/b6-5+. The minimum Gasteiger partial charge on any atom is -0.474 e. The number of ketones is 1. The summed E-state index contributed by atoms with van der Waals surface area (Å²) in [6.07, 6.45) is 1.42. The van der Waals surface area contributed by atoms with E-state index in [1.165, 1.54) is 13.0 Å². The molecule has 0 aromatic carbocycles. The summed E-state index contributed by atoms with van der Waals surface area (Å²) in [6, 6.07) is 0. The molecule has 0 heterocycles. The Hall–Kier alpha value is -1.85. The van der Waals surface area contributed by atoms with Crippen molar-refractivity contribution in [3.63, 3.8) is 0 Å². The number of carbonyl (C=O) groups excluding carboxylic acids is 2. The number of carboxylic acid groups (broad SMARTS) is 1. The number of aliphatic carboxylic acids is 1. The minimum absolute atomic E-state index is 0.0745. The highest BCUT2D eigenvalue weighted by Crippen LogP contribution is 1.85. The topological polar surface area (TPSA) is 95.5 Å². The number of carboxylic acids is 1. The molecular weight excluding hydrogens is 200 g/mol. The lowest BCUT2D eigenvalue weighted by Gasteiger charge is -2.05. The van der Waals surface area contributed by atoms with E-state index in [1.54, 1.807) is 6.92 Å². The number of hydrogen-bond donors (Lipinski definition) is 3. The van der Waals surface area contributed by atoms with Gasteiger partial charge in [-0.2, -0.15) is 0 Å². The molecule has 6 nitrogen and oxygen atoms in total. The fourth-order valence-electron chi connectivity index (χ4n) is 0.867. The zero-order valence-electron chi connectivity index (χ0n) is 8.66. The Bertz CT molecular complexity index is 296. The normalized spacial score (nSPS) is 10.7. The van der Waals surface area contributed by atoms with Gasteiger partial charge in [0.2, 0.25) is 0 Å². The maximum atomic E-state index is 10.6. The highest BCUT2D eigenvalue weighted by Gasteiger charge is 2.08. The second-order valence-corrected chi connectivity index (χ2v) is 2.93. The monoisotopic (exact) mass is 214 g/mol. The van der Waals surface area contributed by atoms with Crippen LogP contribution in [-0.4, -0.2) is 35.9 Å². The maximum Gasteiger partial charge on any atom is 0.394 e. The third-order valence-corrected chi connectivity index (χ3v) is 1.43. The molecule has 1 amide bonds. The van der Waals surface area contributed by atoms with Crippen LogP contribution in [0.5, 0.6) is 0 Å². The van der Waals surface area contributed by atoms with Gasteiger partial charge in [0.1, 0.15) is 0 Å². The average molecular weight is 214 g/mol. The number of hydrogen-bond acceptors (Lipinski definition) is 4. The first-order valence-corrected chi connectivity index (χ1v) is 4.37. The third kappa shape index (κ3) is 7.24. The van der Waals surface area contributed by atoms with Gasteiger partial charge in [-0.15, -0.1) is 0 Å². The number of nitrogens with one attached hydrogen (secondary N) is 2. The SMILES string of the molecule is CC(=O)/C=C(\C)NCCNC(=O)C(=O)O. The van der Waals surface area contributed by atoms with Crippen molar-refractivity contribution in [1.82, 2.24) is 10.6 Å². The van der Waals surface area contributed by atoms with E-state index in [2.05, 4.69) is 10.6 Å². The van der Waals surface area contributed by atoms with Crippen LogP contribution in [0.1, 0.15) is 13.8 Å². The van der Waals surface area contributed by atoms with Crippen molar-refractivity contribution >= 4 is 17.7 Å². The Kier molecular flexibility index (Phi) is 5.77. The molecule has 0 aromatic rings. The van der Waals surface area contributed by atoms with E-state index in [-0.39, 0.29) is 12.3 Å². The fourth-order valence-corrected chi connectivity index (χ4v) is 0.867. The van der Waals surface area contributed by atoms with E-state index < -0.39 is 11.9 Å². The second kappa shape index (κ2) is 6.58. The molecule has 0 atom stereocenters. The van der Waals surface area contributed by atoms with Crippen molar-refractivity contribution in [2.24, 2.45) is 0 Å². The van der Waals surface area contributed by atoms with Crippen molar-refractivity contribution in [2.75, 3.05) is 13.1 Å². The molecule has 15 heavy (non-hydrogen) atoms. The second-order valence-electron chi connectivity index (χ2n) is 2.93. The molecule has 0 aliphatic heterocycles. The van der Waals surface area contributed by atoms with Gasteiger partial charge in [0, 0.05) is 18.8 Å². The Morgan fingerprint density at radius 3 is 2.13 bits per heavy atom. The van der Waals surface area contributed by atoms with Crippen LogP contribution < -0.4 is 10.6 Å². The van der Waals surface area contributed by atoms with Gasteiger partial charge in [-0.1, -0.05) is 0 Å².